The van der Waals surface area contributed by atoms with E-state index in [0.29, 0.717) is 5.96 Å². The van der Waals surface area contributed by atoms with E-state index in [1.807, 2.05) is 6.92 Å². The van der Waals surface area contributed by atoms with E-state index in [0.717, 1.165) is 44.5 Å². The van der Waals surface area contributed by atoms with Crippen LogP contribution in [-0.4, -0.2) is 24.0 Å². The SMILES string of the molecule is CCCCNC(N)=NCCCCc1nc(C)cs1.I. The van der Waals surface area contributed by atoms with Crippen LogP contribution in [0.3, 0.4) is 0 Å². The van der Waals surface area contributed by atoms with Crippen molar-refractivity contribution in [2.45, 2.75) is 46.0 Å². The van der Waals surface area contributed by atoms with Crippen molar-refractivity contribution in [3.8, 4) is 0 Å². The predicted octanol–water partition coefficient (Wildman–Crippen LogP) is 3.10. The number of aryl methyl sites for hydroxylation is 2. The highest BCUT2D eigenvalue weighted by Crippen LogP contribution is 2.11. The van der Waals surface area contributed by atoms with Crippen LogP contribution in [0.2, 0.25) is 0 Å². The molecule has 4 nitrogen and oxygen atoms in total. The van der Waals surface area contributed by atoms with E-state index in [1.54, 1.807) is 11.3 Å². The minimum Gasteiger partial charge on any atom is -0.370 e. The third-order valence-corrected chi connectivity index (χ3v) is 3.61. The predicted molar refractivity (Wildman–Crippen MR) is 94.6 cm³/mol. The maximum absolute atomic E-state index is 5.74. The smallest absolute Gasteiger partial charge is 0.188 e. The van der Waals surface area contributed by atoms with Crippen LogP contribution in [0.15, 0.2) is 10.4 Å². The van der Waals surface area contributed by atoms with Gasteiger partial charge in [0.25, 0.3) is 0 Å². The molecule has 6 heteroatoms. The third kappa shape index (κ3) is 9.21. The molecule has 19 heavy (non-hydrogen) atoms. The largest absolute Gasteiger partial charge is 0.370 e. The Hall–Kier alpha value is -0.370. The van der Waals surface area contributed by atoms with Crippen LogP contribution in [0.25, 0.3) is 0 Å². The fourth-order valence-corrected chi connectivity index (χ4v) is 2.37. The quantitative estimate of drug-likeness (QED) is 0.307. The lowest BCUT2D eigenvalue weighted by molar-refractivity contribution is 0.725. The third-order valence-electron chi connectivity index (χ3n) is 2.58. The van der Waals surface area contributed by atoms with Gasteiger partial charge in [0.2, 0.25) is 0 Å². The second kappa shape index (κ2) is 11.5. The first-order chi connectivity index (χ1) is 8.72. The number of nitrogens with two attached hydrogens (primary N) is 1. The number of thiazole rings is 1. The van der Waals surface area contributed by atoms with Crippen LogP contribution in [0.1, 0.15) is 43.3 Å². The number of hydrogen-bond acceptors (Lipinski definition) is 3. The Morgan fingerprint density at radius 2 is 2.21 bits per heavy atom. The number of halogens is 1. The number of guanidine groups is 1. The number of nitrogens with one attached hydrogen (secondary N) is 1. The monoisotopic (exact) mass is 396 g/mol. The van der Waals surface area contributed by atoms with E-state index in [4.69, 9.17) is 5.73 Å². The fourth-order valence-electron chi connectivity index (χ4n) is 1.55. The zero-order chi connectivity index (χ0) is 13.2. The maximum Gasteiger partial charge on any atom is 0.188 e. The lowest BCUT2D eigenvalue weighted by Gasteiger charge is -2.03. The van der Waals surface area contributed by atoms with Gasteiger partial charge in [0.15, 0.2) is 5.96 Å². The average Bonchev–Trinajstić information content (AvgIpc) is 2.75. The van der Waals surface area contributed by atoms with E-state index >= 15 is 0 Å². The van der Waals surface area contributed by atoms with Crippen LogP contribution in [-0.2, 0) is 6.42 Å². The van der Waals surface area contributed by atoms with Crippen molar-refractivity contribution in [2.24, 2.45) is 10.7 Å². The van der Waals surface area contributed by atoms with Crippen molar-refractivity contribution in [3.05, 3.63) is 16.1 Å². The van der Waals surface area contributed by atoms with Crippen molar-refractivity contribution in [3.63, 3.8) is 0 Å². The first-order valence-electron chi connectivity index (χ1n) is 6.67. The maximum atomic E-state index is 5.74. The molecular formula is C13H25IN4S. The molecule has 0 saturated heterocycles. The van der Waals surface area contributed by atoms with Gasteiger partial charge in [-0.2, -0.15) is 0 Å². The van der Waals surface area contributed by atoms with Gasteiger partial charge in [0.05, 0.1) is 5.01 Å². The Labute approximate surface area is 137 Å². The molecule has 0 aliphatic rings. The summed E-state index contributed by atoms with van der Waals surface area (Å²) >= 11 is 1.74. The summed E-state index contributed by atoms with van der Waals surface area (Å²) in [5, 5.41) is 6.44. The number of aliphatic imine (C=N–C) groups is 1. The molecule has 0 spiro atoms. The van der Waals surface area contributed by atoms with Gasteiger partial charge in [0.1, 0.15) is 0 Å². The van der Waals surface area contributed by atoms with Crippen molar-refractivity contribution >= 4 is 41.3 Å². The Morgan fingerprint density at radius 1 is 1.42 bits per heavy atom. The Morgan fingerprint density at radius 3 is 2.84 bits per heavy atom. The molecule has 0 aliphatic carbocycles. The summed E-state index contributed by atoms with van der Waals surface area (Å²) in [6, 6.07) is 0. The molecule has 0 bridgehead atoms. The molecule has 1 heterocycles. The molecule has 1 rings (SSSR count). The molecule has 0 radical (unpaired) electrons. The molecule has 0 saturated carbocycles. The molecule has 0 unspecified atom stereocenters. The number of unbranched alkanes of at least 4 members (excludes halogenated alkanes) is 2. The molecule has 0 fully saturated rings. The van der Waals surface area contributed by atoms with Crippen LogP contribution in [0, 0.1) is 6.92 Å². The van der Waals surface area contributed by atoms with Gasteiger partial charge < -0.3 is 11.1 Å². The van der Waals surface area contributed by atoms with Crippen LogP contribution >= 0.6 is 35.3 Å². The minimum absolute atomic E-state index is 0. The number of hydrogen-bond donors (Lipinski definition) is 2. The number of aromatic nitrogens is 1. The van der Waals surface area contributed by atoms with Crippen LogP contribution in [0.5, 0.6) is 0 Å². The van der Waals surface area contributed by atoms with Crippen molar-refractivity contribution in [2.75, 3.05) is 13.1 Å². The van der Waals surface area contributed by atoms with Gasteiger partial charge >= 0.3 is 0 Å². The van der Waals surface area contributed by atoms with E-state index < -0.39 is 0 Å². The second-order valence-electron chi connectivity index (χ2n) is 4.39. The number of rotatable bonds is 8. The second-order valence-corrected chi connectivity index (χ2v) is 5.33. The Bertz CT molecular complexity index is 365. The highest BCUT2D eigenvalue weighted by Gasteiger charge is 1.98. The first kappa shape index (κ1) is 18.6. The van der Waals surface area contributed by atoms with Gasteiger partial charge in [-0.1, -0.05) is 13.3 Å². The summed E-state index contributed by atoms with van der Waals surface area (Å²) in [6.07, 6.45) is 5.55. The normalized spacial score (nSPS) is 11.2. The molecule has 110 valence electrons. The summed E-state index contributed by atoms with van der Waals surface area (Å²) in [4.78, 5) is 8.74. The van der Waals surface area contributed by atoms with E-state index in [2.05, 4.69) is 27.6 Å². The van der Waals surface area contributed by atoms with Gasteiger partial charge in [-0.15, -0.1) is 35.3 Å². The minimum atomic E-state index is 0. The standard InChI is InChI=1S/C13H24N4S.HI/c1-3-4-8-15-13(14)16-9-6-5-7-12-17-11(2)10-18-12;/h10H,3-9H2,1-2H3,(H3,14,15,16);1H. The molecule has 3 N–H and O–H groups in total. The van der Waals surface area contributed by atoms with Gasteiger partial charge in [0, 0.05) is 24.2 Å². The van der Waals surface area contributed by atoms with Crippen molar-refractivity contribution in [1.29, 1.82) is 0 Å². The van der Waals surface area contributed by atoms with Crippen LogP contribution < -0.4 is 11.1 Å². The molecule has 1 aromatic rings. The van der Waals surface area contributed by atoms with E-state index in [9.17, 15) is 0 Å². The highest BCUT2D eigenvalue weighted by molar-refractivity contribution is 14.0. The van der Waals surface area contributed by atoms with E-state index in [-0.39, 0.29) is 24.0 Å². The summed E-state index contributed by atoms with van der Waals surface area (Å²) in [6.45, 7) is 5.92. The first-order valence-corrected chi connectivity index (χ1v) is 7.55. The summed E-state index contributed by atoms with van der Waals surface area (Å²) in [7, 11) is 0. The zero-order valence-electron chi connectivity index (χ0n) is 11.8. The van der Waals surface area contributed by atoms with Gasteiger partial charge in [-0.3, -0.25) is 4.99 Å². The Balaban J connectivity index is 0.00000324. The molecule has 0 aromatic carbocycles. The molecule has 0 amide bonds. The van der Waals surface area contributed by atoms with Gasteiger partial charge in [-0.25, -0.2) is 4.98 Å². The summed E-state index contributed by atoms with van der Waals surface area (Å²) in [5.41, 5.74) is 6.86. The fraction of sp³-hybridized carbons (Fsp3) is 0.692. The highest BCUT2D eigenvalue weighted by atomic mass is 127. The van der Waals surface area contributed by atoms with Crippen molar-refractivity contribution < 1.29 is 0 Å². The zero-order valence-corrected chi connectivity index (χ0v) is 15.0. The average molecular weight is 396 g/mol. The summed E-state index contributed by atoms with van der Waals surface area (Å²) in [5.74, 6) is 0.577. The van der Waals surface area contributed by atoms with Gasteiger partial charge in [-0.05, 0) is 32.6 Å². The van der Waals surface area contributed by atoms with Crippen molar-refractivity contribution in [1.82, 2.24) is 10.3 Å². The molecule has 0 atom stereocenters. The topological polar surface area (TPSA) is 63.3 Å². The lowest BCUT2D eigenvalue weighted by Crippen LogP contribution is -2.32. The molecular weight excluding hydrogens is 371 g/mol. The Kier molecular flexibility index (Phi) is 11.2. The molecule has 1 aromatic heterocycles. The number of nitrogens with zero attached hydrogens (tertiary/aromatic N) is 2. The van der Waals surface area contributed by atoms with E-state index in [1.165, 1.54) is 11.4 Å². The van der Waals surface area contributed by atoms with Crippen LogP contribution in [0.4, 0.5) is 0 Å². The molecule has 0 aliphatic heterocycles. The lowest BCUT2D eigenvalue weighted by atomic mass is 10.2. The summed E-state index contributed by atoms with van der Waals surface area (Å²) < 4.78 is 0.